The molecule has 0 saturated carbocycles. The maximum Gasteiger partial charge on any atom is 0.325 e. The Morgan fingerprint density at radius 3 is 2.17 bits per heavy atom. The van der Waals surface area contributed by atoms with Gasteiger partial charge in [-0.05, 0) is 43.2 Å². The van der Waals surface area contributed by atoms with Crippen LogP contribution in [-0.4, -0.2) is 73.1 Å². The Labute approximate surface area is 209 Å². The molecule has 2 aromatic carbocycles. The molecule has 2 aliphatic heterocycles. The number of hydrogen-bond donors (Lipinski definition) is 1. The number of aryl methyl sites for hydroxylation is 1. The molecule has 2 heterocycles. The highest BCUT2D eigenvalue weighted by Gasteiger charge is 2.52. The number of nitrogens with one attached hydrogen (secondary N) is 1. The van der Waals surface area contributed by atoms with Crippen LogP contribution in [0.1, 0.15) is 24.5 Å². The van der Waals surface area contributed by atoms with Crippen molar-refractivity contribution in [3.63, 3.8) is 0 Å². The van der Waals surface area contributed by atoms with E-state index in [9.17, 15) is 22.8 Å². The first kappa shape index (κ1) is 25.2. The van der Waals surface area contributed by atoms with Crippen LogP contribution in [0.4, 0.5) is 4.79 Å². The third-order valence-corrected chi connectivity index (χ3v) is 8.75. The fourth-order valence-electron chi connectivity index (χ4n) is 4.42. The van der Waals surface area contributed by atoms with E-state index in [4.69, 9.17) is 11.6 Å². The Morgan fingerprint density at radius 1 is 1.00 bits per heavy atom. The first-order valence-electron chi connectivity index (χ1n) is 11.3. The Morgan fingerprint density at radius 2 is 1.60 bits per heavy atom. The van der Waals surface area contributed by atoms with Gasteiger partial charge < -0.3 is 10.2 Å². The van der Waals surface area contributed by atoms with Crippen molar-refractivity contribution in [2.75, 3.05) is 32.7 Å². The van der Waals surface area contributed by atoms with Crippen molar-refractivity contribution in [1.82, 2.24) is 19.4 Å². The van der Waals surface area contributed by atoms with Gasteiger partial charge in [0.1, 0.15) is 12.1 Å². The van der Waals surface area contributed by atoms with E-state index in [1.807, 2.05) is 6.92 Å². The van der Waals surface area contributed by atoms with Gasteiger partial charge in [0.15, 0.2) is 0 Å². The highest BCUT2D eigenvalue weighted by Crippen LogP contribution is 2.33. The zero-order chi connectivity index (χ0) is 25.4. The molecule has 1 unspecified atom stereocenters. The van der Waals surface area contributed by atoms with Gasteiger partial charge in [-0.25, -0.2) is 13.2 Å². The van der Waals surface area contributed by atoms with Gasteiger partial charge >= 0.3 is 6.03 Å². The molecule has 0 bridgehead atoms. The molecular weight excluding hydrogens is 492 g/mol. The number of nitrogens with zero attached hydrogens (tertiary/aromatic N) is 3. The summed E-state index contributed by atoms with van der Waals surface area (Å²) in [6.45, 7) is 3.85. The molecule has 1 N–H and O–H groups in total. The van der Waals surface area contributed by atoms with E-state index in [1.54, 1.807) is 55.5 Å². The lowest BCUT2D eigenvalue weighted by Crippen LogP contribution is -2.53. The Hall–Kier alpha value is -2.95. The number of carbonyl (C=O) groups excluding carboxylic acids is 3. The van der Waals surface area contributed by atoms with Crippen LogP contribution in [0.25, 0.3) is 0 Å². The molecule has 11 heteroatoms. The quantitative estimate of drug-likeness (QED) is 0.591. The Balaban J connectivity index is 1.41. The van der Waals surface area contributed by atoms with Crippen molar-refractivity contribution in [3.05, 3.63) is 64.7 Å². The number of imide groups is 1. The molecule has 2 saturated heterocycles. The number of hydrogen-bond acceptors (Lipinski definition) is 5. The molecule has 4 rings (SSSR count). The highest BCUT2D eigenvalue weighted by atomic mass is 35.5. The van der Waals surface area contributed by atoms with Gasteiger partial charge in [-0.3, -0.25) is 14.5 Å². The first-order valence-corrected chi connectivity index (χ1v) is 13.1. The van der Waals surface area contributed by atoms with E-state index >= 15 is 0 Å². The van der Waals surface area contributed by atoms with Crippen molar-refractivity contribution in [2.45, 2.75) is 30.7 Å². The number of rotatable bonds is 6. The van der Waals surface area contributed by atoms with Gasteiger partial charge in [-0.1, -0.05) is 48.4 Å². The van der Waals surface area contributed by atoms with Crippen molar-refractivity contribution < 1.29 is 22.8 Å². The summed E-state index contributed by atoms with van der Waals surface area (Å²) in [4.78, 5) is 41.6. The lowest BCUT2D eigenvalue weighted by Gasteiger charge is -2.34. The minimum Gasteiger partial charge on any atom is -0.338 e. The van der Waals surface area contributed by atoms with Crippen LogP contribution in [0.5, 0.6) is 0 Å². The van der Waals surface area contributed by atoms with E-state index in [1.165, 1.54) is 9.21 Å². The second kappa shape index (κ2) is 9.60. The van der Waals surface area contributed by atoms with Crippen molar-refractivity contribution in [1.29, 1.82) is 0 Å². The SMILES string of the molecule is CCC1(c2ccc(Cl)cc2)NC(=O)N(CC(=O)N2CCN(S(=O)(=O)c3ccc(C)cc3)CC2)C1=O. The van der Waals surface area contributed by atoms with Gasteiger partial charge in [0.2, 0.25) is 15.9 Å². The predicted octanol–water partition coefficient (Wildman–Crippen LogP) is 2.34. The second-order valence-corrected chi connectivity index (χ2v) is 11.1. The average molecular weight is 519 g/mol. The van der Waals surface area contributed by atoms with Gasteiger partial charge in [0, 0.05) is 31.2 Å². The summed E-state index contributed by atoms with van der Waals surface area (Å²) in [6.07, 6.45) is 0.305. The van der Waals surface area contributed by atoms with E-state index in [0.717, 1.165) is 10.5 Å². The van der Waals surface area contributed by atoms with Crippen molar-refractivity contribution in [3.8, 4) is 0 Å². The number of halogens is 1. The molecule has 0 aromatic heterocycles. The van der Waals surface area contributed by atoms with Crippen LogP contribution in [0.15, 0.2) is 53.4 Å². The predicted molar refractivity (Wildman–Crippen MR) is 130 cm³/mol. The largest absolute Gasteiger partial charge is 0.338 e. The Kier molecular flexibility index (Phi) is 6.90. The fourth-order valence-corrected chi connectivity index (χ4v) is 5.96. The summed E-state index contributed by atoms with van der Waals surface area (Å²) in [6, 6.07) is 12.6. The van der Waals surface area contributed by atoms with E-state index in [0.29, 0.717) is 17.0 Å². The normalized spacial score (nSPS) is 21.3. The summed E-state index contributed by atoms with van der Waals surface area (Å²) in [5.74, 6) is -0.912. The molecule has 35 heavy (non-hydrogen) atoms. The zero-order valence-corrected chi connectivity index (χ0v) is 21.1. The van der Waals surface area contributed by atoms with Gasteiger partial charge in [-0.15, -0.1) is 0 Å². The molecule has 186 valence electrons. The summed E-state index contributed by atoms with van der Waals surface area (Å²) >= 11 is 5.96. The molecule has 0 aliphatic carbocycles. The van der Waals surface area contributed by atoms with Gasteiger partial charge in [0.05, 0.1) is 4.90 Å². The minimum atomic E-state index is -3.66. The summed E-state index contributed by atoms with van der Waals surface area (Å²) in [5, 5.41) is 3.25. The van der Waals surface area contributed by atoms with Crippen LogP contribution in [0.2, 0.25) is 5.02 Å². The summed E-state index contributed by atoms with van der Waals surface area (Å²) in [5.41, 5.74) is 0.290. The third-order valence-electron chi connectivity index (χ3n) is 6.59. The van der Waals surface area contributed by atoms with Crippen LogP contribution >= 0.6 is 11.6 Å². The van der Waals surface area contributed by atoms with Crippen molar-refractivity contribution in [2.24, 2.45) is 0 Å². The molecule has 1 atom stereocenters. The highest BCUT2D eigenvalue weighted by molar-refractivity contribution is 7.89. The Bertz CT molecular complexity index is 1240. The maximum atomic E-state index is 13.3. The minimum absolute atomic E-state index is 0.131. The summed E-state index contributed by atoms with van der Waals surface area (Å²) < 4.78 is 27.2. The molecule has 9 nitrogen and oxygen atoms in total. The molecular formula is C24H27ClN4O5S. The van der Waals surface area contributed by atoms with Gasteiger partial charge in [-0.2, -0.15) is 4.31 Å². The molecule has 2 fully saturated rings. The third kappa shape index (κ3) is 4.65. The maximum absolute atomic E-state index is 13.3. The molecule has 2 aromatic rings. The number of amides is 4. The number of benzene rings is 2. The van der Waals surface area contributed by atoms with E-state index in [2.05, 4.69) is 5.32 Å². The molecule has 0 spiro atoms. The summed E-state index contributed by atoms with van der Waals surface area (Å²) in [7, 11) is -3.66. The van der Waals surface area contributed by atoms with Crippen LogP contribution < -0.4 is 5.32 Å². The molecule has 2 aliphatic rings. The standard InChI is InChI=1S/C24H27ClN4O5S/c1-3-24(18-6-8-19(25)9-7-18)22(31)29(23(32)26-24)16-21(30)27-12-14-28(15-13-27)35(33,34)20-10-4-17(2)5-11-20/h4-11H,3,12-16H2,1-2H3,(H,26,32). The van der Waals surface area contributed by atoms with Crippen LogP contribution in [0.3, 0.4) is 0 Å². The van der Waals surface area contributed by atoms with E-state index < -0.39 is 40.0 Å². The van der Waals surface area contributed by atoms with Crippen LogP contribution in [0, 0.1) is 6.92 Å². The number of sulfonamides is 1. The molecule has 0 radical (unpaired) electrons. The molecule has 4 amide bonds. The average Bonchev–Trinajstić information content (AvgIpc) is 3.10. The zero-order valence-electron chi connectivity index (χ0n) is 19.5. The lowest BCUT2D eigenvalue weighted by molar-refractivity contribution is -0.139. The van der Waals surface area contributed by atoms with Gasteiger partial charge in [0.25, 0.3) is 5.91 Å². The smallest absolute Gasteiger partial charge is 0.325 e. The van der Waals surface area contributed by atoms with Crippen LogP contribution in [-0.2, 0) is 25.2 Å². The topological polar surface area (TPSA) is 107 Å². The van der Waals surface area contributed by atoms with Crippen molar-refractivity contribution >= 4 is 39.5 Å². The van der Waals surface area contributed by atoms with E-state index in [-0.39, 0.29) is 31.1 Å². The lowest BCUT2D eigenvalue weighted by atomic mass is 9.87. The second-order valence-electron chi connectivity index (χ2n) is 8.69. The number of carbonyl (C=O) groups is 3. The first-order chi connectivity index (χ1) is 16.6. The monoisotopic (exact) mass is 518 g/mol. The number of piperazine rings is 1. The fraction of sp³-hybridized carbons (Fsp3) is 0.375. The number of urea groups is 1.